The summed E-state index contributed by atoms with van der Waals surface area (Å²) in [6, 6.07) is 11.8. The first kappa shape index (κ1) is 18.4. The largest absolute Gasteiger partial charge is 0.457 e. The van der Waals surface area contributed by atoms with Crippen molar-refractivity contribution in [3.05, 3.63) is 69.3 Å². The molecule has 0 atom stereocenters. The summed E-state index contributed by atoms with van der Waals surface area (Å²) >= 11 is 0. The molecule has 0 spiro atoms. The van der Waals surface area contributed by atoms with Crippen LogP contribution in [0, 0.1) is 17.0 Å². The van der Waals surface area contributed by atoms with Gasteiger partial charge in [-0.05, 0) is 30.2 Å². The van der Waals surface area contributed by atoms with Gasteiger partial charge >= 0.3 is 5.97 Å². The Bertz CT molecular complexity index is 761. The molecule has 0 unspecified atom stereocenters. The highest BCUT2D eigenvalue weighted by Gasteiger charge is 2.18. The van der Waals surface area contributed by atoms with E-state index in [2.05, 4.69) is 5.32 Å². The van der Waals surface area contributed by atoms with Gasteiger partial charge in [0.1, 0.15) is 12.3 Å². The second-order valence-corrected chi connectivity index (χ2v) is 5.41. The van der Waals surface area contributed by atoms with E-state index in [4.69, 9.17) is 9.47 Å². The number of aryl methyl sites for hydroxylation is 1. The molecule has 0 bridgehead atoms. The molecule has 1 N–H and O–H groups in total. The van der Waals surface area contributed by atoms with Crippen LogP contribution < -0.4 is 5.32 Å². The van der Waals surface area contributed by atoms with Crippen molar-refractivity contribution in [2.24, 2.45) is 0 Å². The third kappa shape index (κ3) is 5.02. The Morgan fingerprint density at radius 3 is 2.68 bits per heavy atom. The minimum absolute atomic E-state index is 0.118. The molecular formula is C18H20N2O5. The second-order valence-electron chi connectivity index (χ2n) is 5.41. The lowest BCUT2D eigenvalue weighted by Crippen LogP contribution is -2.11. The van der Waals surface area contributed by atoms with Gasteiger partial charge in [-0.1, -0.05) is 24.3 Å². The van der Waals surface area contributed by atoms with Crippen LogP contribution in [0.15, 0.2) is 42.5 Å². The zero-order chi connectivity index (χ0) is 18.2. The van der Waals surface area contributed by atoms with Gasteiger partial charge in [-0.2, -0.15) is 0 Å². The van der Waals surface area contributed by atoms with E-state index < -0.39 is 10.9 Å². The Balaban J connectivity index is 2.10. The number of carbonyl (C=O) groups excluding carboxylic acids is 1. The van der Waals surface area contributed by atoms with E-state index >= 15 is 0 Å². The standard InChI is InChI=1S/C18H20N2O5/c1-13-5-3-4-6-15(13)12-25-18(21)14-7-8-16(19-9-10-24-2)17(11-14)20(22)23/h3-8,11,19H,9-10,12H2,1-2H3. The van der Waals surface area contributed by atoms with Crippen LogP contribution in [-0.2, 0) is 16.1 Å². The van der Waals surface area contributed by atoms with E-state index in [9.17, 15) is 14.9 Å². The first-order valence-corrected chi connectivity index (χ1v) is 7.76. The van der Waals surface area contributed by atoms with Crippen LogP contribution in [0.4, 0.5) is 11.4 Å². The number of nitro groups is 1. The van der Waals surface area contributed by atoms with Gasteiger partial charge in [-0.15, -0.1) is 0 Å². The van der Waals surface area contributed by atoms with Crippen LogP contribution in [-0.4, -0.2) is 31.2 Å². The summed E-state index contributed by atoms with van der Waals surface area (Å²) < 4.78 is 10.2. The van der Waals surface area contributed by atoms with Crippen LogP contribution >= 0.6 is 0 Å². The van der Waals surface area contributed by atoms with Crippen molar-refractivity contribution in [3.63, 3.8) is 0 Å². The molecule has 0 amide bonds. The number of esters is 1. The summed E-state index contributed by atoms with van der Waals surface area (Å²) in [7, 11) is 1.55. The highest BCUT2D eigenvalue weighted by Crippen LogP contribution is 2.26. The predicted molar refractivity (Wildman–Crippen MR) is 93.8 cm³/mol. The van der Waals surface area contributed by atoms with Crippen molar-refractivity contribution < 1.29 is 19.2 Å². The Morgan fingerprint density at radius 2 is 2.00 bits per heavy atom. The Kier molecular flexibility index (Phi) is 6.47. The van der Waals surface area contributed by atoms with Crippen LogP contribution in [0.25, 0.3) is 0 Å². The van der Waals surface area contributed by atoms with E-state index in [1.54, 1.807) is 7.11 Å². The number of hydrogen-bond donors (Lipinski definition) is 1. The molecule has 0 saturated heterocycles. The van der Waals surface area contributed by atoms with Gasteiger partial charge < -0.3 is 14.8 Å². The number of ether oxygens (including phenoxy) is 2. The molecule has 0 saturated carbocycles. The number of rotatable bonds is 8. The smallest absolute Gasteiger partial charge is 0.338 e. The molecule has 0 aromatic heterocycles. The van der Waals surface area contributed by atoms with Crippen molar-refractivity contribution in [1.82, 2.24) is 0 Å². The fourth-order valence-corrected chi connectivity index (χ4v) is 2.25. The number of hydrogen-bond acceptors (Lipinski definition) is 6. The molecule has 2 aromatic rings. The first-order valence-electron chi connectivity index (χ1n) is 7.76. The third-order valence-electron chi connectivity index (χ3n) is 3.67. The molecular weight excluding hydrogens is 324 g/mol. The average molecular weight is 344 g/mol. The summed E-state index contributed by atoms with van der Waals surface area (Å²) in [5.74, 6) is -0.602. The summed E-state index contributed by atoms with van der Waals surface area (Å²) in [6.45, 7) is 2.88. The summed E-state index contributed by atoms with van der Waals surface area (Å²) in [4.78, 5) is 22.9. The van der Waals surface area contributed by atoms with E-state index in [1.165, 1.54) is 18.2 Å². The molecule has 0 aliphatic heterocycles. The van der Waals surface area contributed by atoms with Gasteiger partial charge in [-0.3, -0.25) is 10.1 Å². The monoisotopic (exact) mass is 344 g/mol. The molecule has 132 valence electrons. The van der Waals surface area contributed by atoms with Crippen molar-refractivity contribution in [3.8, 4) is 0 Å². The molecule has 2 rings (SSSR count). The lowest BCUT2D eigenvalue weighted by Gasteiger charge is -2.09. The lowest BCUT2D eigenvalue weighted by molar-refractivity contribution is -0.384. The lowest BCUT2D eigenvalue weighted by atomic mass is 10.1. The number of nitro benzene ring substituents is 1. The van der Waals surface area contributed by atoms with E-state index in [0.29, 0.717) is 18.8 Å². The minimum Gasteiger partial charge on any atom is -0.457 e. The Morgan fingerprint density at radius 1 is 1.24 bits per heavy atom. The maximum atomic E-state index is 12.2. The predicted octanol–water partition coefficient (Wildman–Crippen LogP) is 3.32. The van der Waals surface area contributed by atoms with Crippen LogP contribution in [0.3, 0.4) is 0 Å². The fourth-order valence-electron chi connectivity index (χ4n) is 2.25. The Labute approximate surface area is 145 Å². The number of carbonyl (C=O) groups is 1. The average Bonchev–Trinajstić information content (AvgIpc) is 2.61. The summed E-state index contributed by atoms with van der Waals surface area (Å²) in [6.07, 6.45) is 0. The van der Waals surface area contributed by atoms with E-state index in [0.717, 1.165) is 11.1 Å². The first-order chi connectivity index (χ1) is 12.0. The van der Waals surface area contributed by atoms with Gasteiger partial charge in [0.2, 0.25) is 0 Å². The topological polar surface area (TPSA) is 90.7 Å². The molecule has 7 nitrogen and oxygen atoms in total. The third-order valence-corrected chi connectivity index (χ3v) is 3.67. The van der Waals surface area contributed by atoms with Crippen molar-refractivity contribution in [1.29, 1.82) is 0 Å². The van der Waals surface area contributed by atoms with Gasteiger partial charge in [-0.25, -0.2) is 4.79 Å². The quantitative estimate of drug-likeness (QED) is 0.342. The normalized spacial score (nSPS) is 10.3. The van der Waals surface area contributed by atoms with Crippen molar-refractivity contribution >= 4 is 17.3 Å². The van der Waals surface area contributed by atoms with Gasteiger partial charge in [0.25, 0.3) is 5.69 Å². The highest BCUT2D eigenvalue weighted by atomic mass is 16.6. The molecule has 7 heteroatoms. The maximum Gasteiger partial charge on any atom is 0.338 e. The fraction of sp³-hybridized carbons (Fsp3) is 0.278. The SMILES string of the molecule is COCCNc1ccc(C(=O)OCc2ccccc2C)cc1[N+](=O)[O-]. The minimum atomic E-state index is -0.602. The Hall–Kier alpha value is -2.93. The molecule has 0 fully saturated rings. The second kappa shape index (κ2) is 8.79. The molecule has 0 radical (unpaired) electrons. The number of benzene rings is 2. The number of methoxy groups -OCH3 is 1. The maximum absolute atomic E-state index is 12.2. The van der Waals surface area contributed by atoms with Crippen molar-refractivity contribution in [2.45, 2.75) is 13.5 Å². The summed E-state index contributed by atoms with van der Waals surface area (Å²) in [5.41, 5.74) is 2.19. The van der Waals surface area contributed by atoms with Gasteiger partial charge in [0.05, 0.1) is 17.1 Å². The zero-order valence-electron chi connectivity index (χ0n) is 14.2. The number of nitrogens with zero attached hydrogens (tertiary/aromatic N) is 1. The zero-order valence-corrected chi connectivity index (χ0v) is 14.2. The van der Waals surface area contributed by atoms with Crippen LogP contribution in [0.5, 0.6) is 0 Å². The molecule has 0 aliphatic carbocycles. The number of anilines is 1. The van der Waals surface area contributed by atoms with Gasteiger partial charge in [0.15, 0.2) is 0 Å². The van der Waals surface area contributed by atoms with Crippen LogP contribution in [0.1, 0.15) is 21.5 Å². The molecule has 0 heterocycles. The molecule has 2 aromatic carbocycles. The van der Waals surface area contributed by atoms with Crippen molar-refractivity contribution in [2.75, 3.05) is 25.6 Å². The highest BCUT2D eigenvalue weighted by molar-refractivity contribution is 5.91. The molecule has 0 aliphatic rings. The van der Waals surface area contributed by atoms with Crippen LogP contribution in [0.2, 0.25) is 0 Å². The number of nitrogens with one attached hydrogen (secondary N) is 1. The molecule has 25 heavy (non-hydrogen) atoms. The van der Waals surface area contributed by atoms with E-state index in [1.807, 2.05) is 31.2 Å². The van der Waals surface area contributed by atoms with E-state index in [-0.39, 0.29) is 17.9 Å². The van der Waals surface area contributed by atoms with Gasteiger partial charge in [0, 0.05) is 19.7 Å². The summed E-state index contributed by atoms with van der Waals surface area (Å²) in [5, 5.41) is 14.1.